The van der Waals surface area contributed by atoms with Gasteiger partial charge >= 0.3 is 0 Å². The van der Waals surface area contributed by atoms with Crippen molar-refractivity contribution in [3.05, 3.63) is 0 Å². The Labute approximate surface area is 62.4 Å². The van der Waals surface area contributed by atoms with E-state index in [1.54, 1.807) is 0 Å². The summed E-state index contributed by atoms with van der Waals surface area (Å²) in [7, 11) is 0. The SMILES string of the molecule is NCC1CC2CCN(C1)C2. The van der Waals surface area contributed by atoms with Crippen molar-refractivity contribution < 1.29 is 0 Å². The average Bonchev–Trinajstić information content (AvgIpc) is 2.30. The maximum absolute atomic E-state index is 5.63. The minimum absolute atomic E-state index is 0.807. The first kappa shape index (κ1) is 6.62. The third-order valence-corrected chi connectivity index (χ3v) is 2.89. The molecule has 0 aromatic rings. The molecule has 2 heterocycles. The van der Waals surface area contributed by atoms with Crippen LogP contribution in [0, 0.1) is 11.8 Å². The van der Waals surface area contributed by atoms with Gasteiger partial charge in [0.05, 0.1) is 0 Å². The Morgan fingerprint density at radius 3 is 3.00 bits per heavy atom. The molecule has 2 heteroatoms. The summed E-state index contributed by atoms with van der Waals surface area (Å²) in [6.45, 7) is 4.86. The normalized spacial score (nSPS) is 45.9. The number of fused-ring (bicyclic) bond motifs is 2. The molecular formula is C8H16N2. The van der Waals surface area contributed by atoms with E-state index in [4.69, 9.17) is 5.73 Å². The highest BCUT2D eigenvalue weighted by Crippen LogP contribution is 2.29. The third-order valence-electron chi connectivity index (χ3n) is 2.89. The van der Waals surface area contributed by atoms with Gasteiger partial charge in [-0.25, -0.2) is 0 Å². The molecule has 2 rings (SSSR count). The Bertz CT molecular complexity index is 112. The summed E-state index contributed by atoms with van der Waals surface area (Å²) in [5, 5.41) is 0. The molecule has 0 aromatic carbocycles. The molecule has 10 heavy (non-hydrogen) atoms. The molecule has 0 amide bonds. The van der Waals surface area contributed by atoms with E-state index in [0.717, 1.165) is 18.4 Å². The van der Waals surface area contributed by atoms with Crippen LogP contribution in [0.3, 0.4) is 0 Å². The molecule has 0 spiro atoms. The molecule has 58 valence electrons. The lowest BCUT2D eigenvalue weighted by molar-refractivity contribution is 0.206. The number of hydrogen-bond acceptors (Lipinski definition) is 2. The Hall–Kier alpha value is -0.0800. The second kappa shape index (κ2) is 2.51. The monoisotopic (exact) mass is 140 g/mol. The van der Waals surface area contributed by atoms with Gasteiger partial charge < -0.3 is 10.6 Å². The Morgan fingerprint density at radius 1 is 1.40 bits per heavy atom. The molecule has 2 bridgehead atoms. The van der Waals surface area contributed by atoms with E-state index in [2.05, 4.69) is 4.90 Å². The predicted molar refractivity (Wildman–Crippen MR) is 41.7 cm³/mol. The van der Waals surface area contributed by atoms with Crippen LogP contribution < -0.4 is 5.73 Å². The van der Waals surface area contributed by atoms with Gasteiger partial charge in [0.15, 0.2) is 0 Å². The quantitative estimate of drug-likeness (QED) is 0.567. The molecule has 3 atom stereocenters. The van der Waals surface area contributed by atoms with Gasteiger partial charge in [0.25, 0.3) is 0 Å². The number of piperidine rings is 1. The summed E-state index contributed by atoms with van der Waals surface area (Å²) >= 11 is 0. The molecule has 2 nitrogen and oxygen atoms in total. The molecule has 0 radical (unpaired) electrons. The van der Waals surface area contributed by atoms with Crippen molar-refractivity contribution in [3.8, 4) is 0 Å². The zero-order chi connectivity index (χ0) is 6.97. The summed E-state index contributed by atoms with van der Waals surface area (Å²) in [6, 6.07) is 0. The van der Waals surface area contributed by atoms with Crippen molar-refractivity contribution in [2.75, 3.05) is 26.2 Å². The van der Waals surface area contributed by atoms with Gasteiger partial charge in [-0.3, -0.25) is 0 Å². The standard InChI is InChI=1S/C8H16N2/c9-4-8-3-7-1-2-10(5-7)6-8/h7-8H,1-6,9H2. The lowest BCUT2D eigenvalue weighted by Gasteiger charge is -2.28. The summed E-state index contributed by atoms with van der Waals surface area (Å²) in [5.74, 6) is 1.79. The summed E-state index contributed by atoms with van der Waals surface area (Å²) < 4.78 is 0. The van der Waals surface area contributed by atoms with Crippen molar-refractivity contribution in [2.45, 2.75) is 12.8 Å². The molecule has 2 fully saturated rings. The van der Waals surface area contributed by atoms with E-state index in [1.165, 1.54) is 32.5 Å². The zero-order valence-electron chi connectivity index (χ0n) is 6.42. The van der Waals surface area contributed by atoms with Crippen LogP contribution in [0.25, 0.3) is 0 Å². The van der Waals surface area contributed by atoms with Crippen LogP contribution in [-0.2, 0) is 0 Å². The van der Waals surface area contributed by atoms with E-state index in [-0.39, 0.29) is 0 Å². The van der Waals surface area contributed by atoms with Crippen LogP contribution in [0.1, 0.15) is 12.8 Å². The zero-order valence-corrected chi connectivity index (χ0v) is 6.42. The molecule has 2 aliphatic rings. The first-order valence-electron chi connectivity index (χ1n) is 4.31. The molecule has 0 saturated carbocycles. The number of nitrogens with zero attached hydrogens (tertiary/aromatic N) is 1. The largest absolute Gasteiger partial charge is 0.330 e. The van der Waals surface area contributed by atoms with E-state index >= 15 is 0 Å². The Morgan fingerprint density at radius 2 is 2.30 bits per heavy atom. The smallest absolute Gasteiger partial charge is 0.00219 e. The molecule has 0 aliphatic carbocycles. The van der Waals surface area contributed by atoms with Crippen LogP contribution in [0.15, 0.2) is 0 Å². The lowest BCUT2D eigenvalue weighted by Crippen LogP contribution is -2.36. The first-order valence-corrected chi connectivity index (χ1v) is 4.31. The minimum Gasteiger partial charge on any atom is -0.330 e. The minimum atomic E-state index is 0.807. The fourth-order valence-corrected chi connectivity index (χ4v) is 2.35. The maximum atomic E-state index is 5.63. The average molecular weight is 140 g/mol. The maximum Gasteiger partial charge on any atom is 0.00219 e. The van der Waals surface area contributed by atoms with E-state index in [0.29, 0.717) is 0 Å². The van der Waals surface area contributed by atoms with Crippen LogP contribution in [0.5, 0.6) is 0 Å². The third kappa shape index (κ3) is 1.06. The lowest BCUT2D eigenvalue weighted by atomic mass is 9.92. The van der Waals surface area contributed by atoms with Gasteiger partial charge in [0.2, 0.25) is 0 Å². The van der Waals surface area contributed by atoms with Gasteiger partial charge in [0.1, 0.15) is 0 Å². The van der Waals surface area contributed by atoms with Crippen molar-refractivity contribution in [1.29, 1.82) is 0 Å². The van der Waals surface area contributed by atoms with Gasteiger partial charge in [-0.2, -0.15) is 0 Å². The second-order valence-corrected chi connectivity index (χ2v) is 3.75. The molecule has 2 saturated heterocycles. The highest BCUT2D eigenvalue weighted by molar-refractivity contribution is 4.85. The molecule has 2 N–H and O–H groups in total. The predicted octanol–water partition coefficient (Wildman–Crippen LogP) is 0.287. The highest BCUT2D eigenvalue weighted by Gasteiger charge is 2.31. The topological polar surface area (TPSA) is 29.3 Å². The van der Waals surface area contributed by atoms with Crippen molar-refractivity contribution >= 4 is 0 Å². The van der Waals surface area contributed by atoms with Gasteiger partial charge in [-0.15, -0.1) is 0 Å². The molecule has 3 unspecified atom stereocenters. The molecule has 2 aliphatic heterocycles. The van der Waals surface area contributed by atoms with Crippen LogP contribution >= 0.6 is 0 Å². The van der Waals surface area contributed by atoms with E-state index < -0.39 is 0 Å². The van der Waals surface area contributed by atoms with Crippen LogP contribution in [0.2, 0.25) is 0 Å². The molecule has 0 aromatic heterocycles. The summed E-state index contributed by atoms with van der Waals surface area (Å²) in [5.41, 5.74) is 5.63. The number of hydrogen-bond donors (Lipinski definition) is 1. The summed E-state index contributed by atoms with van der Waals surface area (Å²) in [4.78, 5) is 2.56. The molecular weight excluding hydrogens is 124 g/mol. The summed E-state index contributed by atoms with van der Waals surface area (Å²) in [6.07, 6.45) is 2.82. The van der Waals surface area contributed by atoms with Gasteiger partial charge in [-0.05, 0) is 37.8 Å². The highest BCUT2D eigenvalue weighted by atomic mass is 15.2. The first-order chi connectivity index (χ1) is 4.88. The van der Waals surface area contributed by atoms with Crippen molar-refractivity contribution in [1.82, 2.24) is 4.90 Å². The fraction of sp³-hybridized carbons (Fsp3) is 1.00. The van der Waals surface area contributed by atoms with E-state index in [1.807, 2.05) is 0 Å². The van der Waals surface area contributed by atoms with Crippen molar-refractivity contribution in [3.63, 3.8) is 0 Å². The van der Waals surface area contributed by atoms with Gasteiger partial charge in [-0.1, -0.05) is 0 Å². The van der Waals surface area contributed by atoms with Gasteiger partial charge in [0, 0.05) is 13.1 Å². The fourth-order valence-electron chi connectivity index (χ4n) is 2.35. The number of nitrogens with two attached hydrogens (primary N) is 1. The van der Waals surface area contributed by atoms with Crippen LogP contribution in [0.4, 0.5) is 0 Å². The Balaban J connectivity index is 1.96. The second-order valence-electron chi connectivity index (χ2n) is 3.75. The van der Waals surface area contributed by atoms with E-state index in [9.17, 15) is 0 Å². The van der Waals surface area contributed by atoms with Crippen molar-refractivity contribution in [2.24, 2.45) is 17.6 Å². The number of rotatable bonds is 1. The Kier molecular flexibility index (Phi) is 1.66. The van der Waals surface area contributed by atoms with Crippen LogP contribution in [-0.4, -0.2) is 31.1 Å².